The quantitative estimate of drug-likeness (QED) is 0.288. The van der Waals surface area contributed by atoms with Crippen LogP contribution in [-0.2, 0) is 4.74 Å². The lowest BCUT2D eigenvalue weighted by Gasteiger charge is -2.17. The molecule has 7 N–H and O–H groups in total. The van der Waals surface area contributed by atoms with Crippen LogP contribution in [0.2, 0.25) is 0 Å². The molecule has 4 rings (SSSR count). The third-order valence-corrected chi connectivity index (χ3v) is 5.04. The molecule has 0 aromatic carbocycles. The average molecular weight is 365 g/mol. The van der Waals surface area contributed by atoms with E-state index < -0.39 is 31.1 Å². The van der Waals surface area contributed by atoms with Crippen LogP contribution in [0.4, 0.5) is 11.8 Å². The van der Waals surface area contributed by atoms with Crippen molar-refractivity contribution < 1.29 is 20.1 Å². The molecule has 0 spiro atoms. The molecule has 11 nitrogen and oxygen atoms in total. The van der Waals surface area contributed by atoms with Crippen molar-refractivity contribution >= 4 is 22.9 Å². The van der Waals surface area contributed by atoms with Crippen molar-refractivity contribution in [3.8, 4) is 0 Å². The topological polar surface area (TPSA) is 164 Å². The summed E-state index contributed by atoms with van der Waals surface area (Å²) >= 11 is 0. The molecule has 3 heterocycles. The molecule has 26 heavy (non-hydrogen) atoms. The number of aliphatic hydroxyl groups is 3. The smallest absolute Gasteiger partial charge is 0.241 e. The van der Waals surface area contributed by atoms with Gasteiger partial charge in [-0.15, -0.1) is 0 Å². The van der Waals surface area contributed by atoms with Gasteiger partial charge < -0.3 is 25.4 Å². The Morgan fingerprint density at radius 1 is 1.23 bits per heavy atom. The number of nitrogens with one attached hydrogen (secondary N) is 2. The van der Waals surface area contributed by atoms with Crippen molar-refractivity contribution in [2.75, 3.05) is 17.3 Å². The van der Waals surface area contributed by atoms with Crippen LogP contribution < -0.4 is 16.6 Å². The van der Waals surface area contributed by atoms with Gasteiger partial charge in [0.1, 0.15) is 18.3 Å². The molecule has 11 heteroatoms. The van der Waals surface area contributed by atoms with Crippen LogP contribution in [0, 0.1) is 0 Å². The predicted octanol–water partition coefficient (Wildman–Crippen LogP) is -0.922. The van der Waals surface area contributed by atoms with Gasteiger partial charge in [0, 0.05) is 6.04 Å². The highest BCUT2D eigenvalue weighted by molar-refractivity contribution is 5.84. The Bertz CT molecular complexity index is 779. The standard InChI is InChI=1S/C15H23N7O4/c16-21-15-19-12(18-7-3-1-2-4-7)9-13(20-15)22(6-17-9)14-11(25)10(24)8(5-23)26-14/h6-8,10-11,14,23-25H,1-5,16H2,(H2,18,19,20,21)/t8?,10-,11-,14-/m1/s1. The second kappa shape index (κ2) is 6.93. The summed E-state index contributed by atoms with van der Waals surface area (Å²) in [6, 6.07) is 0.317. The fraction of sp³-hybridized carbons (Fsp3) is 0.667. The van der Waals surface area contributed by atoms with E-state index in [-0.39, 0.29) is 5.95 Å². The lowest BCUT2D eigenvalue weighted by Crippen LogP contribution is -2.33. The molecule has 1 saturated carbocycles. The van der Waals surface area contributed by atoms with E-state index in [9.17, 15) is 15.3 Å². The number of nitrogens with two attached hydrogens (primary N) is 1. The highest BCUT2D eigenvalue weighted by atomic mass is 16.6. The van der Waals surface area contributed by atoms with Crippen LogP contribution >= 0.6 is 0 Å². The van der Waals surface area contributed by atoms with Gasteiger partial charge in [-0.25, -0.2) is 10.8 Å². The van der Waals surface area contributed by atoms with Crippen molar-refractivity contribution in [2.45, 2.75) is 56.3 Å². The zero-order chi connectivity index (χ0) is 18.3. The van der Waals surface area contributed by atoms with Crippen LogP contribution in [-0.4, -0.2) is 65.8 Å². The molecular formula is C15H23N7O4. The molecule has 2 aromatic rings. The maximum absolute atomic E-state index is 10.3. The lowest BCUT2D eigenvalue weighted by molar-refractivity contribution is -0.0511. The third-order valence-electron chi connectivity index (χ3n) is 5.04. The number of rotatable bonds is 5. The molecule has 2 aromatic heterocycles. The molecule has 1 aliphatic carbocycles. The molecule has 0 radical (unpaired) electrons. The maximum atomic E-state index is 10.3. The molecule has 0 amide bonds. The lowest BCUT2D eigenvalue weighted by atomic mass is 10.1. The molecule has 0 bridgehead atoms. The Morgan fingerprint density at radius 3 is 2.65 bits per heavy atom. The minimum absolute atomic E-state index is 0.200. The zero-order valence-electron chi connectivity index (χ0n) is 14.1. The number of ether oxygens (including phenoxy) is 1. The van der Waals surface area contributed by atoms with Crippen molar-refractivity contribution in [3.63, 3.8) is 0 Å². The number of imidazole rings is 1. The first kappa shape index (κ1) is 17.4. The highest BCUT2D eigenvalue weighted by Gasteiger charge is 2.44. The summed E-state index contributed by atoms with van der Waals surface area (Å²) in [4.78, 5) is 13.0. The number of fused-ring (bicyclic) bond motifs is 1. The van der Waals surface area contributed by atoms with Gasteiger partial charge in [0.25, 0.3) is 0 Å². The van der Waals surface area contributed by atoms with E-state index in [0.29, 0.717) is 23.0 Å². The number of anilines is 2. The summed E-state index contributed by atoms with van der Waals surface area (Å²) in [7, 11) is 0. The number of aromatic nitrogens is 4. The van der Waals surface area contributed by atoms with Gasteiger partial charge in [0.05, 0.1) is 12.9 Å². The average Bonchev–Trinajstić information content (AvgIpc) is 3.36. The Kier molecular flexibility index (Phi) is 4.63. The molecule has 4 atom stereocenters. The maximum Gasteiger partial charge on any atom is 0.241 e. The normalized spacial score (nSPS) is 29.5. The third kappa shape index (κ3) is 2.87. The van der Waals surface area contributed by atoms with Crippen LogP contribution in [0.1, 0.15) is 31.9 Å². The minimum atomic E-state index is -1.22. The van der Waals surface area contributed by atoms with E-state index in [1.54, 1.807) is 0 Å². The first-order valence-electron chi connectivity index (χ1n) is 8.72. The van der Waals surface area contributed by atoms with Crippen LogP contribution in [0.15, 0.2) is 6.33 Å². The van der Waals surface area contributed by atoms with Gasteiger partial charge >= 0.3 is 0 Å². The minimum Gasteiger partial charge on any atom is -0.394 e. The number of hydrazine groups is 1. The van der Waals surface area contributed by atoms with Crippen molar-refractivity contribution in [1.29, 1.82) is 0 Å². The monoisotopic (exact) mass is 365 g/mol. The molecule has 2 fully saturated rings. The first-order valence-corrected chi connectivity index (χ1v) is 8.72. The van der Waals surface area contributed by atoms with E-state index in [4.69, 9.17) is 10.6 Å². The van der Waals surface area contributed by atoms with Crippen molar-refractivity contribution in [1.82, 2.24) is 19.5 Å². The van der Waals surface area contributed by atoms with Crippen LogP contribution in [0.3, 0.4) is 0 Å². The van der Waals surface area contributed by atoms with Gasteiger partial charge in [-0.3, -0.25) is 9.99 Å². The van der Waals surface area contributed by atoms with Crippen molar-refractivity contribution in [3.05, 3.63) is 6.33 Å². The Morgan fingerprint density at radius 2 is 2.00 bits per heavy atom. The second-order valence-electron chi connectivity index (χ2n) is 6.72. The molecule has 1 unspecified atom stereocenters. The molecule has 2 aliphatic rings. The molecule has 142 valence electrons. The Labute approximate surface area is 149 Å². The SMILES string of the molecule is NNc1nc(NC2CCCC2)c2ncn([C@@H]3OC(CO)[C@@H](O)[C@H]3O)c2n1. The van der Waals surface area contributed by atoms with E-state index in [1.165, 1.54) is 23.7 Å². The summed E-state index contributed by atoms with van der Waals surface area (Å²) in [6.07, 6.45) is 1.71. The van der Waals surface area contributed by atoms with Gasteiger partial charge in [0.15, 0.2) is 23.2 Å². The summed E-state index contributed by atoms with van der Waals surface area (Å²) in [5.74, 6) is 6.25. The fourth-order valence-corrected chi connectivity index (χ4v) is 3.64. The van der Waals surface area contributed by atoms with Gasteiger partial charge in [-0.2, -0.15) is 9.97 Å². The largest absolute Gasteiger partial charge is 0.394 e. The summed E-state index contributed by atoms with van der Waals surface area (Å²) in [5, 5.41) is 33.0. The first-order chi connectivity index (χ1) is 12.6. The number of hydrogen-bond donors (Lipinski definition) is 6. The number of nitrogens with zero attached hydrogens (tertiary/aromatic N) is 4. The van der Waals surface area contributed by atoms with E-state index in [1.807, 2.05) is 0 Å². The number of hydrogen-bond acceptors (Lipinski definition) is 10. The fourth-order valence-electron chi connectivity index (χ4n) is 3.64. The van der Waals surface area contributed by atoms with E-state index in [2.05, 4.69) is 25.7 Å². The zero-order valence-corrected chi connectivity index (χ0v) is 14.1. The van der Waals surface area contributed by atoms with E-state index >= 15 is 0 Å². The van der Waals surface area contributed by atoms with Gasteiger partial charge in [-0.05, 0) is 12.8 Å². The van der Waals surface area contributed by atoms with Gasteiger partial charge in [0.2, 0.25) is 5.95 Å². The molecule has 1 aliphatic heterocycles. The van der Waals surface area contributed by atoms with Crippen LogP contribution in [0.25, 0.3) is 11.2 Å². The number of aliphatic hydroxyl groups excluding tert-OH is 3. The van der Waals surface area contributed by atoms with Crippen molar-refractivity contribution in [2.24, 2.45) is 5.84 Å². The Hall–Kier alpha value is -2.05. The summed E-state index contributed by atoms with van der Waals surface area (Å²) in [6.45, 7) is -0.402. The van der Waals surface area contributed by atoms with E-state index in [0.717, 1.165) is 12.8 Å². The molecule has 1 saturated heterocycles. The summed E-state index contributed by atoms with van der Waals surface area (Å²) < 4.78 is 7.09. The predicted molar refractivity (Wildman–Crippen MR) is 92.0 cm³/mol. The Balaban J connectivity index is 1.72. The van der Waals surface area contributed by atoms with Gasteiger partial charge in [-0.1, -0.05) is 12.8 Å². The summed E-state index contributed by atoms with van der Waals surface area (Å²) in [5.41, 5.74) is 3.36. The second-order valence-corrected chi connectivity index (χ2v) is 6.72. The number of nitrogen functional groups attached to an aromatic ring is 1. The van der Waals surface area contributed by atoms with Crippen LogP contribution in [0.5, 0.6) is 0 Å². The molecular weight excluding hydrogens is 342 g/mol. The highest BCUT2D eigenvalue weighted by Crippen LogP contribution is 2.33.